The van der Waals surface area contributed by atoms with Crippen LogP contribution >= 0.6 is 0 Å². The third-order valence-electron chi connectivity index (χ3n) is 5.19. The first kappa shape index (κ1) is 19.3. The number of nitrogens with one attached hydrogen (secondary N) is 1. The number of rotatable bonds is 5. The van der Waals surface area contributed by atoms with Gasteiger partial charge in [0.15, 0.2) is 0 Å². The Labute approximate surface area is 148 Å². The molecule has 0 radical (unpaired) electrons. The van der Waals surface area contributed by atoms with Crippen molar-refractivity contribution in [3.8, 4) is 0 Å². The third-order valence-corrected chi connectivity index (χ3v) is 5.19. The summed E-state index contributed by atoms with van der Waals surface area (Å²) in [4.78, 5) is 38.1. The van der Waals surface area contributed by atoms with Crippen molar-refractivity contribution in [2.75, 3.05) is 6.61 Å². The Morgan fingerprint density at radius 1 is 1.36 bits per heavy atom. The van der Waals surface area contributed by atoms with Crippen molar-refractivity contribution in [3.05, 3.63) is 12.7 Å². The number of hydrogen-bond donors (Lipinski definition) is 2. The van der Waals surface area contributed by atoms with E-state index in [1.807, 2.05) is 20.8 Å². The lowest BCUT2D eigenvalue weighted by Gasteiger charge is -2.35. The maximum Gasteiger partial charge on any atom is 0.408 e. The smallest absolute Gasteiger partial charge is 0.408 e. The van der Waals surface area contributed by atoms with Crippen molar-refractivity contribution in [1.29, 1.82) is 0 Å². The van der Waals surface area contributed by atoms with Crippen molar-refractivity contribution in [3.63, 3.8) is 0 Å². The Balaban J connectivity index is 2.18. The molecular formula is C18H28N2O5. The minimum Gasteiger partial charge on any atom is -0.465 e. The first-order valence-corrected chi connectivity index (χ1v) is 8.71. The largest absolute Gasteiger partial charge is 0.465 e. The van der Waals surface area contributed by atoms with Gasteiger partial charge in [0.05, 0.1) is 6.61 Å². The molecule has 0 aromatic heterocycles. The van der Waals surface area contributed by atoms with Gasteiger partial charge in [0.2, 0.25) is 5.91 Å². The van der Waals surface area contributed by atoms with E-state index in [0.29, 0.717) is 19.3 Å². The van der Waals surface area contributed by atoms with Gasteiger partial charge in [-0.2, -0.15) is 0 Å². The maximum atomic E-state index is 12.8. The molecule has 0 aromatic carbocycles. The molecular weight excluding hydrogens is 324 g/mol. The predicted octanol–water partition coefficient (Wildman–Crippen LogP) is 2.17. The van der Waals surface area contributed by atoms with E-state index in [1.54, 1.807) is 13.0 Å². The summed E-state index contributed by atoms with van der Waals surface area (Å²) in [5.41, 5.74) is -1.37. The number of likely N-dealkylation sites (tertiary alicyclic amines) is 1. The number of nitrogens with zero attached hydrogens (tertiary/aromatic N) is 1. The number of ether oxygens (including phenoxy) is 1. The summed E-state index contributed by atoms with van der Waals surface area (Å²) in [5.74, 6) is -1.11. The molecule has 2 aliphatic rings. The first-order valence-electron chi connectivity index (χ1n) is 8.71. The van der Waals surface area contributed by atoms with Crippen molar-refractivity contribution >= 4 is 18.0 Å². The van der Waals surface area contributed by atoms with E-state index in [4.69, 9.17) is 4.74 Å². The number of carboxylic acid groups (broad SMARTS) is 1. The van der Waals surface area contributed by atoms with E-state index in [1.165, 1.54) is 4.90 Å². The summed E-state index contributed by atoms with van der Waals surface area (Å²) < 4.78 is 5.08. The van der Waals surface area contributed by atoms with Crippen molar-refractivity contribution in [1.82, 2.24) is 10.2 Å². The minimum absolute atomic E-state index is 0.186. The van der Waals surface area contributed by atoms with Gasteiger partial charge in [0.1, 0.15) is 11.6 Å². The molecule has 1 saturated carbocycles. The molecule has 7 nitrogen and oxygen atoms in total. The zero-order valence-corrected chi connectivity index (χ0v) is 15.4. The Bertz CT molecular complexity index is 583. The van der Waals surface area contributed by atoms with Gasteiger partial charge in [-0.05, 0) is 31.6 Å². The third kappa shape index (κ3) is 3.50. The highest BCUT2D eigenvalue weighted by Gasteiger charge is 2.62. The van der Waals surface area contributed by atoms with Gasteiger partial charge < -0.3 is 15.2 Å². The molecule has 1 aliphatic carbocycles. The van der Waals surface area contributed by atoms with Crippen LogP contribution in [0.1, 0.15) is 47.0 Å². The van der Waals surface area contributed by atoms with Gasteiger partial charge >= 0.3 is 12.1 Å². The summed E-state index contributed by atoms with van der Waals surface area (Å²) in [7, 11) is 0. The topological polar surface area (TPSA) is 95.9 Å². The van der Waals surface area contributed by atoms with Crippen LogP contribution in [0, 0.1) is 11.3 Å². The van der Waals surface area contributed by atoms with Crippen molar-refractivity contribution < 1.29 is 24.2 Å². The number of amides is 2. The molecule has 7 heteroatoms. The van der Waals surface area contributed by atoms with Crippen LogP contribution < -0.4 is 5.32 Å². The summed E-state index contributed by atoms with van der Waals surface area (Å²) in [6, 6.07) is -1.03. The van der Waals surface area contributed by atoms with Gasteiger partial charge in [0, 0.05) is 12.0 Å². The fraction of sp³-hybridized carbons (Fsp3) is 0.722. The predicted molar refractivity (Wildman–Crippen MR) is 91.9 cm³/mol. The molecule has 0 bridgehead atoms. The maximum absolute atomic E-state index is 12.8. The highest BCUT2D eigenvalue weighted by atomic mass is 16.5. The molecule has 1 heterocycles. The zero-order chi connectivity index (χ0) is 19.0. The number of carbonyl (C=O) groups excluding carboxylic acids is 2. The molecule has 2 fully saturated rings. The fourth-order valence-electron chi connectivity index (χ4n) is 3.75. The Kier molecular flexibility index (Phi) is 5.16. The molecule has 25 heavy (non-hydrogen) atoms. The van der Waals surface area contributed by atoms with Crippen LogP contribution in [-0.2, 0) is 14.3 Å². The van der Waals surface area contributed by atoms with E-state index < -0.39 is 29.6 Å². The lowest BCUT2D eigenvalue weighted by Crippen LogP contribution is -2.55. The molecule has 2 amide bonds. The molecule has 1 saturated heterocycles. The molecule has 140 valence electrons. The summed E-state index contributed by atoms with van der Waals surface area (Å²) >= 11 is 0. The monoisotopic (exact) mass is 352 g/mol. The Morgan fingerprint density at radius 3 is 2.44 bits per heavy atom. The van der Waals surface area contributed by atoms with Crippen LogP contribution in [0.2, 0.25) is 0 Å². The number of esters is 1. The van der Waals surface area contributed by atoms with Gasteiger partial charge in [-0.15, -0.1) is 6.58 Å². The van der Waals surface area contributed by atoms with Crippen LogP contribution in [0.5, 0.6) is 0 Å². The van der Waals surface area contributed by atoms with Crippen LogP contribution in [0.4, 0.5) is 4.79 Å². The van der Waals surface area contributed by atoms with E-state index in [-0.39, 0.29) is 24.0 Å². The second-order valence-electron chi connectivity index (χ2n) is 7.89. The SMILES string of the molecule is C=C[C@@H]1C[C@]1(NC(=O)C1CCC(C(C)(C)C)N1C(=O)O)C(=O)OCC. The fourth-order valence-corrected chi connectivity index (χ4v) is 3.75. The molecule has 2 unspecified atom stereocenters. The van der Waals surface area contributed by atoms with Crippen molar-refractivity contribution in [2.24, 2.45) is 11.3 Å². The molecule has 4 atom stereocenters. The second-order valence-corrected chi connectivity index (χ2v) is 7.89. The van der Waals surface area contributed by atoms with E-state index in [0.717, 1.165) is 0 Å². The number of hydrogen-bond acceptors (Lipinski definition) is 4. The van der Waals surface area contributed by atoms with Crippen LogP contribution in [0.25, 0.3) is 0 Å². The lowest BCUT2D eigenvalue weighted by atomic mass is 9.85. The molecule has 1 aliphatic heterocycles. The Hall–Kier alpha value is -2.05. The molecule has 0 spiro atoms. The Morgan fingerprint density at radius 2 is 2.00 bits per heavy atom. The summed E-state index contributed by atoms with van der Waals surface area (Å²) in [6.07, 6.45) is 2.00. The normalized spacial score (nSPS) is 31.4. The highest BCUT2D eigenvalue weighted by molar-refractivity contribution is 5.94. The van der Waals surface area contributed by atoms with Crippen LogP contribution in [-0.4, -0.2) is 52.2 Å². The first-order chi connectivity index (χ1) is 11.6. The number of carbonyl (C=O) groups is 3. The van der Waals surface area contributed by atoms with Gasteiger partial charge in [0.25, 0.3) is 0 Å². The van der Waals surface area contributed by atoms with E-state index in [9.17, 15) is 19.5 Å². The zero-order valence-electron chi connectivity index (χ0n) is 15.4. The van der Waals surface area contributed by atoms with Gasteiger partial charge in [-0.25, -0.2) is 9.59 Å². The van der Waals surface area contributed by atoms with Gasteiger partial charge in [-0.1, -0.05) is 26.8 Å². The molecule has 2 rings (SSSR count). The average Bonchev–Trinajstić information content (AvgIpc) is 3.02. The summed E-state index contributed by atoms with van der Waals surface area (Å²) in [6.45, 7) is 11.5. The van der Waals surface area contributed by atoms with E-state index in [2.05, 4.69) is 11.9 Å². The lowest BCUT2D eigenvalue weighted by molar-refractivity contribution is -0.149. The second kappa shape index (κ2) is 6.69. The highest BCUT2D eigenvalue weighted by Crippen LogP contribution is 2.46. The minimum atomic E-state index is -1.11. The average molecular weight is 352 g/mol. The molecule has 2 N–H and O–H groups in total. The van der Waals surface area contributed by atoms with E-state index >= 15 is 0 Å². The van der Waals surface area contributed by atoms with Crippen molar-refractivity contribution in [2.45, 2.75) is 64.6 Å². The standard InChI is InChI=1S/C18H28N2O5/c1-6-11-10-18(11,15(22)25-7-2)19-14(21)12-8-9-13(17(3,4)5)20(12)16(23)24/h6,11-13H,1,7-10H2,2-5H3,(H,19,21)(H,23,24)/t11-,12?,13?,18-/m1/s1. The quantitative estimate of drug-likeness (QED) is 0.584. The molecule has 0 aromatic rings. The van der Waals surface area contributed by atoms with Crippen LogP contribution in [0.15, 0.2) is 12.7 Å². The van der Waals surface area contributed by atoms with Gasteiger partial charge in [-0.3, -0.25) is 9.69 Å². The van der Waals surface area contributed by atoms with Crippen LogP contribution in [0.3, 0.4) is 0 Å². The summed E-state index contributed by atoms with van der Waals surface area (Å²) in [5, 5.41) is 12.4.